The molecule has 3 rings (SSSR count). The van der Waals surface area contributed by atoms with E-state index in [9.17, 15) is 17.6 Å². The normalized spacial score (nSPS) is 15.3. The first kappa shape index (κ1) is 19.5. The van der Waals surface area contributed by atoms with Crippen LogP contribution in [0.4, 0.5) is 4.39 Å². The Morgan fingerprint density at radius 3 is 2.52 bits per heavy atom. The van der Waals surface area contributed by atoms with Gasteiger partial charge in [-0.15, -0.1) is 0 Å². The second kappa shape index (κ2) is 8.19. The summed E-state index contributed by atoms with van der Waals surface area (Å²) < 4.78 is 40.2. The van der Waals surface area contributed by atoms with Crippen LogP contribution in [-0.2, 0) is 21.2 Å². The van der Waals surface area contributed by atoms with Crippen LogP contribution >= 0.6 is 0 Å². The molecule has 0 aliphatic heterocycles. The first-order valence-corrected chi connectivity index (χ1v) is 10.5. The number of hydrogen-bond acceptors (Lipinski definition) is 3. The van der Waals surface area contributed by atoms with Gasteiger partial charge in [-0.2, -0.15) is 0 Å². The topological polar surface area (TPSA) is 75.3 Å². The van der Waals surface area contributed by atoms with Gasteiger partial charge in [0.2, 0.25) is 15.9 Å². The maximum absolute atomic E-state index is 13.3. The Morgan fingerprint density at radius 2 is 1.89 bits per heavy atom. The van der Waals surface area contributed by atoms with Gasteiger partial charge in [-0.25, -0.2) is 17.5 Å². The second-order valence-electron chi connectivity index (χ2n) is 6.88. The van der Waals surface area contributed by atoms with Crippen LogP contribution in [0.3, 0.4) is 0 Å². The van der Waals surface area contributed by atoms with Gasteiger partial charge in [0.1, 0.15) is 5.82 Å². The zero-order chi connectivity index (χ0) is 19.4. The van der Waals surface area contributed by atoms with Crippen LogP contribution in [-0.4, -0.2) is 20.4 Å². The summed E-state index contributed by atoms with van der Waals surface area (Å²) in [6.45, 7) is 1.80. The molecule has 1 amide bonds. The number of sulfonamides is 1. The number of carbonyl (C=O) groups excluding carboxylic acids is 1. The predicted molar refractivity (Wildman–Crippen MR) is 101 cm³/mol. The first-order chi connectivity index (χ1) is 12.8. The zero-order valence-electron chi connectivity index (χ0n) is 15.1. The Kier molecular flexibility index (Phi) is 5.92. The summed E-state index contributed by atoms with van der Waals surface area (Å²) in [5, 5.41) is 2.85. The number of halogens is 1. The quantitative estimate of drug-likeness (QED) is 0.727. The van der Waals surface area contributed by atoms with Crippen molar-refractivity contribution in [3.63, 3.8) is 0 Å². The lowest BCUT2D eigenvalue weighted by molar-refractivity contribution is -0.121. The number of benzene rings is 2. The molecule has 27 heavy (non-hydrogen) atoms. The molecule has 1 fully saturated rings. The molecular weight excluding hydrogens is 367 g/mol. The van der Waals surface area contributed by atoms with Gasteiger partial charge < -0.3 is 5.32 Å². The highest BCUT2D eigenvalue weighted by Crippen LogP contribution is 2.22. The minimum atomic E-state index is -3.46. The molecule has 0 saturated heterocycles. The minimum Gasteiger partial charge on any atom is -0.350 e. The van der Waals surface area contributed by atoms with E-state index in [2.05, 4.69) is 10.0 Å². The van der Waals surface area contributed by atoms with Crippen molar-refractivity contribution < 1.29 is 17.6 Å². The summed E-state index contributed by atoms with van der Waals surface area (Å²) in [6.07, 6.45) is 2.55. The van der Waals surface area contributed by atoms with Crippen molar-refractivity contribution >= 4 is 15.9 Å². The summed E-state index contributed by atoms with van der Waals surface area (Å²) in [5.74, 6) is -0.473. The third kappa shape index (κ3) is 5.61. The smallest absolute Gasteiger partial charge is 0.240 e. The molecule has 2 aromatic carbocycles. The number of nitrogens with one attached hydrogen (secondary N) is 2. The van der Waals surface area contributed by atoms with E-state index in [4.69, 9.17) is 0 Å². The van der Waals surface area contributed by atoms with Crippen LogP contribution < -0.4 is 10.0 Å². The Balaban J connectivity index is 1.51. The molecule has 0 unspecified atom stereocenters. The fourth-order valence-corrected chi connectivity index (χ4v) is 4.06. The highest BCUT2D eigenvalue weighted by Gasteiger charge is 2.27. The highest BCUT2D eigenvalue weighted by molar-refractivity contribution is 7.89. The summed E-state index contributed by atoms with van der Waals surface area (Å²) in [4.78, 5) is 12.4. The van der Waals surface area contributed by atoms with E-state index in [1.807, 2.05) is 0 Å². The van der Waals surface area contributed by atoms with Crippen LogP contribution in [0.15, 0.2) is 53.4 Å². The van der Waals surface area contributed by atoms with Crippen LogP contribution in [0.1, 0.15) is 43.4 Å². The van der Waals surface area contributed by atoms with Crippen molar-refractivity contribution in [2.45, 2.75) is 49.6 Å². The van der Waals surface area contributed by atoms with Crippen LogP contribution in [0.2, 0.25) is 0 Å². The molecule has 144 valence electrons. The van der Waals surface area contributed by atoms with Gasteiger partial charge in [-0.3, -0.25) is 4.79 Å². The summed E-state index contributed by atoms with van der Waals surface area (Å²) in [6, 6.07) is 12.5. The maximum Gasteiger partial charge on any atom is 0.240 e. The monoisotopic (exact) mass is 390 g/mol. The third-order valence-corrected chi connectivity index (χ3v) is 6.04. The SMILES string of the molecule is C[C@H](NC(=O)CCc1ccc(S(=O)(=O)NC2CC2)cc1)c1cccc(F)c1. The number of hydrogen-bond donors (Lipinski definition) is 2. The van der Waals surface area contributed by atoms with Gasteiger partial charge in [-0.05, 0) is 61.6 Å². The van der Waals surface area contributed by atoms with Crippen molar-refractivity contribution in [1.29, 1.82) is 0 Å². The predicted octanol–water partition coefficient (Wildman–Crippen LogP) is 3.08. The Labute approximate surface area is 159 Å². The van der Waals surface area contributed by atoms with Crippen molar-refractivity contribution in [2.75, 3.05) is 0 Å². The average Bonchev–Trinajstić information content (AvgIpc) is 3.43. The van der Waals surface area contributed by atoms with E-state index in [1.54, 1.807) is 43.3 Å². The van der Waals surface area contributed by atoms with Crippen molar-refractivity contribution in [2.24, 2.45) is 0 Å². The molecule has 5 nitrogen and oxygen atoms in total. The molecular formula is C20H23FN2O3S. The standard InChI is InChI=1S/C20H23FN2O3S/c1-14(16-3-2-4-17(21)13-16)22-20(24)12-7-15-5-10-19(11-6-15)27(25,26)23-18-8-9-18/h2-6,10-11,13-14,18,23H,7-9,12H2,1H3,(H,22,24)/t14-/m0/s1. The Bertz CT molecular complexity index is 909. The molecule has 0 bridgehead atoms. The van der Waals surface area contributed by atoms with E-state index in [1.165, 1.54) is 12.1 Å². The zero-order valence-corrected chi connectivity index (χ0v) is 15.9. The number of aryl methyl sites for hydroxylation is 1. The van der Waals surface area contributed by atoms with E-state index in [0.717, 1.165) is 18.4 Å². The molecule has 1 aliphatic carbocycles. The molecule has 7 heteroatoms. The Morgan fingerprint density at radius 1 is 1.19 bits per heavy atom. The fraction of sp³-hybridized carbons (Fsp3) is 0.350. The van der Waals surface area contributed by atoms with Gasteiger partial charge in [0.05, 0.1) is 10.9 Å². The van der Waals surface area contributed by atoms with Crippen molar-refractivity contribution in [3.8, 4) is 0 Å². The lowest BCUT2D eigenvalue weighted by atomic mass is 10.1. The van der Waals surface area contributed by atoms with E-state index < -0.39 is 10.0 Å². The third-order valence-electron chi connectivity index (χ3n) is 4.50. The maximum atomic E-state index is 13.3. The van der Waals surface area contributed by atoms with Crippen molar-refractivity contribution in [1.82, 2.24) is 10.0 Å². The number of carbonyl (C=O) groups is 1. The molecule has 1 aliphatic rings. The summed E-state index contributed by atoms with van der Waals surface area (Å²) >= 11 is 0. The molecule has 0 aromatic heterocycles. The highest BCUT2D eigenvalue weighted by atomic mass is 32.2. The van der Waals surface area contributed by atoms with E-state index in [-0.39, 0.29) is 35.1 Å². The van der Waals surface area contributed by atoms with Crippen molar-refractivity contribution in [3.05, 3.63) is 65.5 Å². The number of rotatable bonds is 8. The van der Waals surface area contributed by atoms with Crippen LogP contribution in [0, 0.1) is 5.82 Å². The molecule has 0 spiro atoms. The molecule has 2 aromatic rings. The van der Waals surface area contributed by atoms with Gasteiger partial charge in [-0.1, -0.05) is 24.3 Å². The van der Waals surface area contributed by atoms with Gasteiger partial charge in [0.15, 0.2) is 0 Å². The average molecular weight is 390 g/mol. The first-order valence-electron chi connectivity index (χ1n) is 8.99. The van der Waals surface area contributed by atoms with E-state index >= 15 is 0 Å². The largest absolute Gasteiger partial charge is 0.350 e. The number of amides is 1. The van der Waals surface area contributed by atoms with E-state index in [0.29, 0.717) is 12.0 Å². The summed E-state index contributed by atoms with van der Waals surface area (Å²) in [5.41, 5.74) is 1.59. The fourth-order valence-electron chi connectivity index (χ4n) is 2.75. The lowest BCUT2D eigenvalue weighted by Gasteiger charge is -2.14. The Hall–Kier alpha value is -2.25. The summed E-state index contributed by atoms with van der Waals surface area (Å²) in [7, 11) is -3.46. The molecule has 0 radical (unpaired) electrons. The van der Waals surface area contributed by atoms with Crippen LogP contribution in [0.25, 0.3) is 0 Å². The van der Waals surface area contributed by atoms with Gasteiger partial charge in [0, 0.05) is 12.5 Å². The molecule has 1 saturated carbocycles. The molecule has 1 atom stereocenters. The lowest BCUT2D eigenvalue weighted by Crippen LogP contribution is -2.27. The van der Waals surface area contributed by atoms with Gasteiger partial charge >= 0.3 is 0 Å². The van der Waals surface area contributed by atoms with Gasteiger partial charge in [0.25, 0.3) is 0 Å². The second-order valence-corrected chi connectivity index (χ2v) is 8.60. The molecule has 2 N–H and O–H groups in total. The van der Waals surface area contributed by atoms with Crippen LogP contribution in [0.5, 0.6) is 0 Å². The molecule has 0 heterocycles. The minimum absolute atomic E-state index is 0.0680.